The highest BCUT2D eigenvalue weighted by Gasteiger charge is 2.12. The molecule has 0 atom stereocenters. The molecule has 0 saturated heterocycles. The van der Waals surface area contributed by atoms with Crippen molar-refractivity contribution in [2.75, 3.05) is 13.1 Å². The maximum absolute atomic E-state index is 12.0. The van der Waals surface area contributed by atoms with E-state index in [9.17, 15) is 9.59 Å². The summed E-state index contributed by atoms with van der Waals surface area (Å²) < 4.78 is 0. The zero-order valence-electron chi connectivity index (χ0n) is 12.9. The van der Waals surface area contributed by atoms with E-state index in [4.69, 9.17) is 5.11 Å². The standard InChI is InChI=1S/C16H24N2O3/c1-4-18(10-9-15(19)20)16(21)17-11-13-5-7-14(8-6-13)12(2)3/h5-8,12H,4,9-11H2,1-3H3,(H,17,21)(H,19,20). The van der Waals surface area contributed by atoms with E-state index >= 15 is 0 Å². The Balaban J connectivity index is 2.48. The largest absolute Gasteiger partial charge is 0.481 e. The van der Waals surface area contributed by atoms with Crippen molar-refractivity contribution in [2.45, 2.75) is 39.7 Å². The molecule has 0 heterocycles. The maximum Gasteiger partial charge on any atom is 0.317 e. The summed E-state index contributed by atoms with van der Waals surface area (Å²) in [6.45, 7) is 7.27. The van der Waals surface area contributed by atoms with Crippen LogP contribution in [0.4, 0.5) is 4.79 Å². The zero-order chi connectivity index (χ0) is 15.8. The van der Waals surface area contributed by atoms with Crippen molar-refractivity contribution >= 4 is 12.0 Å². The van der Waals surface area contributed by atoms with Gasteiger partial charge in [0.15, 0.2) is 0 Å². The quantitative estimate of drug-likeness (QED) is 0.812. The first-order chi connectivity index (χ1) is 9.93. The summed E-state index contributed by atoms with van der Waals surface area (Å²) in [6, 6.07) is 7.90. The third-order valence-corrected chi connectivity index (χ3v) is 3.35. The van der Waals surface area contributed by atoms with E-state index in [1.165, 1.54) is 10.5 Å². The normalized spacial score (nSPS) is 10.5. The lowest BCUT2D eigenvalue weighted by Gasteiger charge is -2.20. The molecule has 116 valence electrons. The molecule has 0 radical (unpaired) electrons. The Labute approximate surface area is 126 Å². The van der Waals surface area contributed by atoms with E-state index in [0.29, 0.717) is 19.0 Å². The number of amides is 2. The number of aliphatic carboxylic acids is 1. The molecule has 0 spiro atoms. The number of carboxylic acids is 1. The lowest BCUT2D eigenvalue weighted by molar-refractivity contribution is -0.137. The minimum absolute atomic E-state index is 0.0374. The molecule has 0 fully saturated rings. The van der Waals surface area contributed by atoms with Gasteiger partial charge in [-0.05, 0) is 24.0 Å². The van der Waals surface area contributed by atoms with Crippen LogP contribution in [-0.2, 0) is 11.3 Å². The third kappa shape index (κ3) is 5.85. The highest BCUT2D eigenvalue weighted by Crippen LogP contribution is 2.14. The lowest BCUT2D eigenvalue weighted by atomic mass is 10.0. The Kier molecular flexibility index (Phi) is 6.72. The second-order valence-corrected chi connectivity index (χ2v) is 5.28. The van der Waals surface area contributed by atoms with Gasteiger partial charge in [0.2, 0.25) is 0 Å². The van der Waals surface area contributed by atoms with Gasteiger partial charge in [-0.3, -0.25) is 4.79 Å². The predicted molar refractivity (Wildman–Crippen MR) is 82.3 cm³/mol. The molecule has 2 N–H and O–H groups in total. The number of rotatable bonds is 7. The van der Waals surface area contributed by atoms with E-state index in [-0.39, 0.29) is 19.0 Å². The van der Waals surface area contributed by atoms with Gasteiger partial charge >= 0.3 is 12.0 Å². The number of benzene rings is 1. The molecule has 21 heavy (non-hydrogen) atoms. The Morgan fingerprint density at radius 2 is 1.86 bits per heavy atom. The van der Waals surface area contributed by atoms with Gasteiger partial charge in [0.1, 0.15) is 0 Å². The van der Waals surface area contributed by atoms with Crippen LogP contribution in [0.2, 0.25) is 0 Å². The Hall–Kier alpha value is -2.04. The zero-order valence-corrected chi connectivity index (χ0v) is 12.9. The Morgan fingerprint density at radius 3 is 2.33 bits per heavy atom. The molecule has 2 amide bonds. The van der Waals surface area contributed by atoms with Crippen LogP contribution in [0.1, 0.15) is 44.2 Å². The molecular formula is C16H24N2O3. The summed E-state index contributed by atoms with van der Waals surface area (Å²) in [7, 11) is 0. The second kappa shape index (κ2) is 8.29. The number of nitrogens with one attached hydrogen (secondary N) is 1. The first-order valence-electron chi connectivity index (χ1n) is 7.27. The number of urea groups is 1. The molecule has 0 bridgehead atoms. The summed E-state index contributed by atoms with van der Waals surface area (Å²) in [5, 5.41) is 11.5. The summed E-state index contributed by atoms with van der Waals surface area (Å²) in [5.74, 6) is -0.411. The first kappa shape index (κ1) is 17.0. The maximum atomic E-state index is 12.0. The van der Waals surface area contributed by atoms with Crippen LogP contribution in [0.3, 0.4) is 0 Å². The van der Waals surface area contributed by atoms with Crippen molar-refractivity contribution in [3.63, 3.8) is 0 Å². The van der Waals surface area contributed by atoms with Gasteiger partial charge in [0.05, 0.1) is 6.42 Å². The van der Waals surface area contributed by atoms with Gasteiger partial charge in [-0.1, -0.05) is 38.1 Å². The number of nitrogens with zero attached hydrogens (tertiary/aromatic N) is 1. The fourth-order valence-corrected chi connectivity index (χ4v) is 1.94. The molecule has 0 aliphatic carbocycles. The number of hydrogen-bond acceptors (Lipinski definition) is 2. The molecule has 5 heteroatoms. The van der Waals surface area contributed by atoms with Crippen LogP contribution in [0.5, 0.6) is 0 Å². The van der Waals surface area contributed by atoms with E-state index in [2.05, 4.69) is 31.3 Å². The van der Waals surface area contributed by atoms with Crippen LogP contribution in [0.15, 0.2) is 24.3 Å². The molecule has 0 aliphatic heterocycles. The van der Waals surface area contributed by atoms with Crippen molar-refractivity contribution in [3.05, 3.63) is 35.4 Å². The van der Waals surface area contributed by atoms with Crippen molar-refractivity contribution in [1.82, 2.24) is 10.2 Å². The molecule has 0 saturated carbocycles. The lowest BCUT2D eigenvalue weighted by Crippen LogP contribution is -2.40. The molecule has 1 rings (SSSR count). The summed E-state index contributed by atoms with van der Waals surface area (Å²) >= 11 is 0. The fraction of sp³-hybridized carbons (Fsp3) is 0.500. The number of carbonyl (C=O) groups excluding carboxylic acids is 1. The average Bonchev–Trinajstić information content (AvgIpc) is 2.45. The van der Waals surface area contributed by atoms with Crippen LogP contribution < -0.4 is 5.32 Å². The monoisotopic (exact) mass is 292 g/mol. The van der Waals surface area contributed by atoms with Gasteiger partial charge in [-0.25, -0.2) is 4.79 Å². The molecular weight excluding hydrogens is 268 g/mol. The second-order valence-electron chi connectivity index (χ2n) is 5.28. The van der Waals surface area contributed by atoms with Gasteiger partial charge in [0.25, 0.3) is 0 Å². The van der Waals surface area contributed by atoms with Gasteiger partial charge < -0.3 is 15.3 Å². The van der Waals surface area contributed by atoms with Crippen molar-refractivity contribution in [1.29, 1.82) is 0 Å². The van der Waals surface area contributed by atoms with Gasteiger partial charge in [0, 0.05) is 19.6 Å². The van der Waals surface area contributed by atoms with E-state index < -0.39 is 5.97 Å². The molecule has 1 aromatic carbocycles. The third-order valence-electron chi connectivity index (χ3n) is 3.35. The highest BCUT2D eigenvalue weighted by molar-refractivity contribution is 5.75. The SMILES string of the molecule is CCN(CCC(=O)O)C(=O)NCc1ccc(C(C)C)cc1. The molecule has 0 unspecified atom stereocenters. The van der Waals surface area contributed by atoms with E-state index in [1.54, 1.807) is 0 Å². The van der Waals surface area contributed by atoms with Crippen molar-refractivity contribution in [2.24, 2.45) is 0 Å². The highest BCUT2D eigenvalue weighted by atomic mass is 16.4. The van der Waals surface area contributed by atoms with Crippen LogP contribution in [-0.4, -0.2) is 35.1 Å². The average molecular weight is 292 g/mol. The topological polar surface area (TPSA) is 69.6 Å². The Morgan fingerprint density at radius 1 is 1.24 bits per heavy atom. The number of carboxylic acid groups (broad SMARTS) is 1. The Bertz CT molecular complexity index is 469. The van der Waals surface area contributed by atoms with Crippen molar-refractivity contribution in [3.8, 4) is 0 Å². The van der Waals surface area contributed by atoms with E-state index in [1.807, 2.05) is 19.1 Å². The summed E-state index contributed by atoms with van der Waals surface area (Å²) in [6.07, 6.45) is -0.0374. The van der Waals surface area contributed by atoms with Gasteiger partial charge in [-0.2, -0.15) is 0 Å². The summed E-state index contributed by atoms with van der Waals surface area (Å²) in [5.41, 5.74) is 2.30. The first-order valence-corrected chi connectivity index (χ1v) is 7.27. The molecule has 0 aromatic heterocycles. The summed E-state index contributed by atoms with van der Waals surface area (Å²) in [4.78, 5) is 24.0. The van der Waals surface area contributed by atoms with Gasteiger partial charge in [-0.15, -0.1) is 0 Å². The molecule has 1 aromatic rings. The number of carbonyl (C=O) groups is 2. The van der Waals surface area contributed by atoms with Crippen LogP contribution in [0, 0.1) is 0 Å². The molecule has 5 nitrogen and oxygen atoms in total. The fourth-order valence-electron chi connectivity index (χ4n) is 1.94. The number of hydrogen-bond donors (Lipinski definition) is 2. The minimum atomic E-state index is -0.898. The van der Waals surface area contributed by atoms with Crippen LogP contribution >= 0.6 is 0 Å². The molecule has 0 aliphatic rings. The van der Waals surface area contributed by atoms with E-state index in [0.717, 1.165) is 5.56 Å². The predicted octanol–water partition coefficient (Wildman–Crippen LogP) is 2.82. The minimum Gasteiger partial charge on any atom is -0.481 e. The van der Waals surface area contributed by atoms with Crippen molar-refractivity contribution < 1.29 is 14.7 Å². The smallest absolute Gasteiger partial charge is 0.317 e. The van der Waals surface area contributed by atoms with Crippen LogP contribution in [0.25, 0.3) is 0 Å².